The monoisotopic (exact) mass is 318 g/mol. The van der Waals surface area contributed by atoms with Gasteiger partial charge in [-0.05, 0) is 18.8 Å². The molecule has 17 heavy (non-hydrogen) atoms. The average molecular weight is 319 g/mol. The number of nitrogens with one attached hydrogen (secondary N) is 1. The summed E-state index contributed by atoms with van der Waals surface area (Å²) in [4.78, 5) is 16.2. The number of halogens is 1. The minimum atomic E-state index is -0.0739. The SMILES string of the molecule is Cc1nc(C(=O)NC(CCBr)C(C)(C)C)cs1. The number of hydrogen-bond acceptors (Lipinski definition) is 3. The number of nitrogens with zero attached hydrogens (tertiary/aromatic N) is 1. The summed E-state index contributed by atoms with van der Waals surface area (Å²) in [5, 5.41) is 6.67. The lowest BCUT2D eigenvalue weighted by Crippen LogP contribution is -2.44. The second-order valence-corrected chi connectivity index (χ2v) is 6.98. The Morgan fingerprint density at radius 1 is 1.59 bits per heavy atom. The zero-order valence-corrected chi connectivity index (χ0v) is 13.1. The van der Waals surface area contributed by atoms with E-state index in [2.05, 4.69) is 47.0 Å². The molecule has 1 atom stereocenters. The number of aryl methyl sites for hydroxylation is 1. The van der Waals surface area contributed by atoms with Crippen molar-refractivity contribution >= 4 is 33.2 Å². The number of carbonyl (C=O) groups is 1. The summed E-state index contributed by atoms with van der Waals surface area (Å²) >= 11 is 4.93. The number of alkyl halides is 1. The molecule has 1 unspecified atom stereocenters. The highest BCUT2D eigenvalue weighted by Crippen LogP contribution is 2.23. The van der Waals surface area contributed by atoms with Crippen molar-refractivity contribution in [1.82, 2.24) is 10.3 Å². The molecule has 0 radical (unpaired) electrons. The summed E-state index contributed by atoms with van der Waals surface area (Å²) in [6.45, 7) is 8.30. The Bertz CT molecular complexity index is 384. The van der Waals surface area contributed by atoms with Gasteiger partial charge in [0.2, 0.25) is 0 Å². The summed E-state index contributed by atoms with van der Waals surface area (Å²) in [5.41, 5.74) is 0.574. The number of hydrogen-bond donors (Lipinski definition) is 1. The molecule has 1 amide bonds. The number of rotatable bonds is 4. The van der Waals surface area contributed by atoms with Gasteiger partial charge in [-0.25, -0.2) is 4.98 Å². The van der Waals surface area contributed by atoms with Crippen LogP contribution in [-0.4, -0.2) is 22.3 Å². The maximum atomic E-state index is 12.0. The van der Waals surface area contributed by atoms with E-state index in [4.69, 9.17) is 0 Å². The highest BCUT2D eigenvalue weighted by molar-refractivity contribution is 9.09. The fourth-order valence-corrected chi connectivity index (χ4v) is 2.58. The van der Waals surface area contributed by atoms with E-state index in [9.17, 15) is 4.79 Å². The molecule has 1 N–H and O–H groups in total. The minimum Gasteiger partial charge on any atom is -0.347 e. The molecule has 96 valence electrons. The van der Waals surface area contributed by atoms with E-state index in [1.54, 1.807) is 5.38 Å². The molecule has 0 aliphatic heterocycles. The molecule has 1 heterocycles. The quantitative estimate of drug-likeness (QED) is 0.865. The molecule has 0 aliphatic carbocycles. The van der Waals surface area contributed by atoms with Crippen LogP contribution < -0.4 is 5.32 Å². The summed E-state index contributed by atoms with van der Waals surface area (Å²) in [6.07, 6.45) is 0.915. The first-order valence-electron chi connectivity index (χ1n) is 5.63. The lowest BCUT2D eigenvalue weighted by Gasteiger charge is -2.30. The van der Waals surface area contributed by atoms with E-state index in [0.29, 0.717) is 5.69 Å². The maximum absolute atomic E-state index is 12.0. The third-order valence-corrected chi connectivity index (χ3v) is 3.83. The van der Waals surface area contributed by atoms with E-state index in [-0.39, 0.29) is 17.4 Å². The van der Waals surface area contributed by atoms with E-state index >= 15 is 0 Å². The van der Waals surface area contributed by atoms with Crippen LogP contribution in [0.1, 0.15) is 42.7 Å². The fourth-order valence-electron chi connectivity index (χ4n) is 1.53. The maximum Gasteiger partial charge on any atom is 0.270 e. The average Bonchev–Trinajstić information content (AvgIpc) is 2.62. The van der Waals surface area contributed by atoms with Gasteiger partial charge in [-0.2, -0.15) is 0 Å². The Kier molecular flexibility index (Phi) is 5.13. The lowest BCUT2D eigenvalue weighted by atomic mass is 9.85. The topological polar surface area (TPSA) is 42.0 Å². The number of thiazole rings is 1. The first-order chi connectivity index (χ1) is 7.84. The molecule has 1 rings (SSSR count). The summed E-state index contributed by atoms with van der Waals surface area (Å²) < 4.78 is 0. The van der Waals surface area contributed by atoms with Crippen LogP contribution in [-0.2, 0) is 0 Å². The van der Waals surface area contributed by atoms with Crippen LogP contribution in [0.25, 0.3) is 0 Å². The van der Waals surface area contributed by atoms with Crippen molar-refractivity contribution in [2.75, 3.05) is 5.33 Å². The third-order valence-electron chi connectivity index (χ3n) is 2.60. The highest BCUT2D eigenvalue weighted by Gasteiger charge is 2.26. The second-order valence-electron chi connectivity index (χ2n) is 5.12. The predicted molar refractivity (Wildman–Crippen MR) is 76.0 cm³/mol. The molecule has 0 spiro atoms. The molecular formula is C12H19BrN2OS. The van der Waals surface area contributed by atoms with Gasteiger partial charge in [0.1, 0.15) is 5.69 Å². The number of aromatic nitrogens is 1. The summed E-state index contributed by atoms with van der Waals surface area (Å²) in [7, 11) is 0. The lowest BCUT2D eigenvalue weighted by molar-refractivity contribution is 0.0896. The molecular weight excluding hydrogens is 300 g/mol. The molecule has 0 saturated carbocycles. The van der Waals surface area contributed by atoms with Gasteiger partial charge in [0.25, 0.3) is 5.91 Å². The van der Waals surface area contributed by atoms with Crippen molar-refractivity contribution in [3.05, 3.63) is 16.1 Å². The van der Waals surface area contributed by atoms with Crippen molar-refractivity contribution in [2.45, 2.75) is 40.2 Å². The zero-order valence-electron chi connectivity index (χ0n) is 10.7. The van der Waals surface area contributed by atoms with E-state index in [1.165, 1.54) is 11.3 Å². The Morgan fingerprint density at radius 2 is 2.24 bits per heavy atom. The standard InChI is InChI=1S/C12H19BrN2OS/c1-8-14-9(7-17-8)11(16)15-10(5-6-13)12(2,3)4/h7,10H,5-6H2,1-4H3,(H,15,16). The second kappa shape index (κ2) is 5.96. The first kappa shape index (κ1) is 14.6. The van der Waals surface area contributed by atoms with Gasteiger partial charge in [0.15, 0.2) is 0 Å². The van der Waals surface area contributed by atoms with Crippen LogP contribution in [0.15, 0.2) is 5.38 Å². The molecule has 3 nitrogen and oxygen atoms in total. The number of amides is 1. The van der Waals surface area contributed by atoms with Gasteiger partial charge < -0.3 is 5.32 Å². The van der Waals surface area contributed by atoms with Gasteiger partial charge in [-0.15, -0.1) is 11.3 Å². The Balaban J connectivity index is 2.71. The fraction of sp³-hybridized carbons (Fsp3) is 0.667. The largest absolute Gasteiger partial charge is 0.347 e. The van der Waals surface area contributed by atoms with Gasteiger partial charge in [0.05, 0.1) is 5.01 Å². The minimum absolute atomic E-state index is 0.0501. The predicted octanol–water partition coefficient (Wildman–Crippen LogP) is 3.38. The molecule has 0 aliphatic rings. The van der Waals surface area contributed by atoms with Crippen LogP contribution >= 0.6 is 27.3 Å². The smallest absolute Gasteiger partial charge is 0.270 e. The van der Waals surface area contributed by atoms with Crippen LogP contribution in [0, 0.1) is 12.3 Å². The van der Waals surface area contributed by atoms with Crippen LogP contribution in [0.5, 0.6) is 0 Å². The summed E-state index contributed by atoms with van der Waals surface area (Å²) in [5.74, 6) is -0.0739. The van der Waals surface area contributed by atoms with Crippen LogP contribution in [0.4, 0.5) is 0 Å². The van der Waals surface area contributed by atoms with Crippen molar-refractivity contribution < 1.29 is 4.79 Å². The van der Waals surface area contributed by atoms with Crippen molar-refractivity contribution in [1.29, 1.82) is 0 Å². The van der Waals surface area contributed by atoms with Gasteiger partial charge in [0, 0.05) is 16.8 Å². The normalized spacial score (nSPS) is 13.5. The van der Waals surface area contributed by atoms with Gasteiger partial charge >= 0.3 is 0 Å². The molecule has 1 aromatic heterocycles. The molecule has 0 fully saturated rings. The van der Waals surface area contributed by atoms with Crippen LogP contribution in [0.3, 0.4) is 0 Å². The number of carbonyl (C=O) groups excluding carboxylic acids is 1. The van der Waals surface area contributed by atoms with Crippen molar-refractivity contribution in [3.8, 4) is 0 Å². The van der Waals surface area contributed by atoms with Crippen molar-refractivity contribution in [3.63, 3.8) is 0 Å². The van der Waals surface area contributed by atoms with E-state index in [0.717, 1.165) is 16.8 Å². The molecule has 0 bridgehead atoms. The molecule has 5 heteroatoms. The molecule has 0 aromatic carbocycles. The Morgan fingerprint density at radius 3 is 2.65 bits per heavy atom. The highest BCUT2D eigenvalue weighted by atomic mass is 79.9. The van der Waals surface area contributed by atoms with Crippen molar-refractivity contribution in [2.24, 2.45) is 5.41 Å². The molecule has 1 aromatic rings. The zero-order chi connectivity index (χ0) is 13.1. The van der Waals surface area contributed by atoms with Crippen LogP contribution in [0.2, 0.25) is 0 Å². The molecule has 0 saturated heterocycles. The van der Waals surface area contributed by atoms with Gasteiger partial charge in [-0.1, -0.05) is 36.7 Å². The van der Waals surface area contributed by atoms with E-state index in [1.807, 2.05) is 6.92 Å². The summed E-state index contributed by atoms with van der Waals surface area (Å²) in [6, 6.07) is 0.149. The third kappa shape index (κ3) is 4.39. The van der Waals surface area contributed by atoms with Gasteiger partial charge in [-0.3, -0.25) is 4.79 Å². The first-order valence-corrected chi connectivity index (χ1v) is 7.63. The Hall–Kier alpha value is -0.420. The van der Waals surface area contributed by atoms with E-state index < -0.39 is 0 Å². The Labute approximate surface area is 115 Å².